The minimum atomic E-state index is 0.764. The summed E-state index contributed by atoms with van der Waals surface area (Å²) in [4.78, 5) is 0. The predicted molar refractivity (Wildman–Crippen MR) is 56.5 cm³/mol. The standard InChI is InChI=1S/C12H23N/c1-10(9-13)11-5-3-2-4-6-12(11)7-8-12/h10-11H,2-9,13H2,1H3. The van der Waals surface area contributed by atoms with Crippen LogP contribution in [0.1, 0.15) is 51.9 Å². The zero-order valence-electron chi connectivity index (χ0n) is 8.89. The molecule has 2 unspecified atom stereocenters. The molecular weight excluding hydrogens is 158 g/mol. The van der Waals surface area contributed by atoms with Gasteiger partial charge in [-0.15, -0.1) is 0 Å². The van der Waals surface area contributed by atoms with E-state index in [-0.39, 0.29) is 0 Å². The monoisotopic (exact) mass is 181 g/mol. The van der Waals surface area contributed by atoms with Crippen molar-refractivity contribution in [1.82, 2.24) is 0 Å². The van der Waals surface area contributed by atoms with E-state index < -0.39 is 0 Å². The maximum absolute atomic E-state index is 5.80. The third-order valence-corrected chi connectivity index (χ3v) is 4.43. The van der Waals surface area contributed by atoms with Crippen molar-refractivity contribution in [3.8, 4) is 0 Å². The average molecular weight is 181 g/mol. The summed E-state index contributed by atoms with van der Waals surface area (Å²) >= 11 is 0. The highest BCUT2D eigenvalue weighted by Crippen LogP contribution is 2.60. The summed E-state index contributed by atoms with van der Waals surface area (Å²) < 4.78 is 0. The van der Waals surface area contributed by atoms with Crippen LogP contribution in [0.15, 0.2) is 0 Å². The summed E-state index contributed by atoms with van der Waals surface area (Å²) in [6, 6.07) is 0. The Labute approximate surface area is 82.1 Å². The van der Waals surface area contributed by atoms with Gasteiger partial charge in [-0.05, 0) is 49.5 Å². The van der Waals surface area contributed by atoms with Crippen molar-refractivity contribution < 1.29 is 0 Å². The van der Waals surface area contributed by atoms with Gasteiger partial charge < -0.3 is 5.73 Å². The lowest BCUT2D eigenvalue weighted by Gasteiger charge is -2.29. The maximum atomic E-state index is 5.80. The van der Waals surface area contributed by atoms with Gasteiger partial charge in [0.05, 0.1) is 0 Å². The van der Waals surface area contributed by atoms with Gasteiger partial charge >= 0.3 is 0 Å². The van der Waals surface area contributed by atoms with Gasteiger partial charge in [0.15, 0.2) is 0 Å². The molecule has 0 amide bonds. The topological polar surface area (TPSA) is 26.0 Å². The zero-order valence-corrected chi connectivity index (χ0v) is 8.89. The lowest BCUT2D eigenvalue weighted by molar-refractivity contribution is 0.208. The molecule has 0 aromatic rings. The van der Waals surface area contributed by atoms with E-state index in [9.17, 15) is 0 Å². The molecule has 76 valence electrons. The highest BCUT2D eigenvalue weighted by Gasteiger charge is 2.50. The van der Waals surface area contributed by atoms with Crippen LogP contribution in [-0.2, 0) is 0 Å². The molecule has 0 heterocycles. The molecule has 0 aromatic heterocycles. The van der Waals surface area contributed by atoms with Crippen molar-refractivity contribution >= 4 is 0 Å². The van der Waals surface area contributed by atoms with E-state index in [1.807, 2.05) is 0 Å². The number of hydrogen-bond acceptors (Lipinski definition) is 1. The highest BCUT2D eigenvalue weighted by molar-refractivity contribution is 5.00. The molecule has 1 heteroatoms. The third-order valence-electron chi connectivity index (χ3n) is 4.43. The molecule has 0 saturated heterocycles. The number of hydrogen-bond donors (Lipinski definition) is 1. The minimum absolute atomic E-state index is 0.764. The number of nitrogens with two attached hydrogens (primary N) is 1. The first-order valence-corrected chi connectivity index (χ1v) is 5.98. The quantitative estimate of drug-likeness (QED) is 0.696. The van der Waals surface area contributed by atoms with E-state index in [0.717, 1.165) is 23.8 Å². The van der Waals surface area contributed by atoms with Crippen LogP contribution in [0.4, 0.5) is 0 Å². The fraction of sp³-hybridized carbons (Fsp3) is 1.00. The largest absolute Gasteiger partial charge is 0.330 e. The summed E-state index contributed by atoms with van der Waals surface area (Å²) in [5, 5.41) is 0. The van der Waals surface area contributed by atoms with E-state index in [1.54, 1.807) is 0 Å². The van der Waals surface area contributed by atoms with Crippen molar-refractivity contribution in [1.29, 1.82) is 0 Å². The minimum Gasteiger partial charge on any atom is -0.330 e. The van der Waals surface area contributed by atoms with Crippen LogP contribution in [0.2, 0.25) is 0 Å². The molecule has 13 heavy (non-hydrogen) atoms. The molecule has 0 bridgehead atoms. The van der Waals surface area contributed by atoms with Crippen molar-refractivity contribution in [3.63, 3.8) is 0 Å². The Morgan fingerprint density at radius 3 is 2.62 bits per heavy atom. The van der Waals surface area contributed by atoms with Crippen LogP contribution in [0.25, 0.3) is 0 Å². The molecule has 0 aromatic carbocycles. The van der Waals surface area contributed by atoms with Crippen LogP contribution in [0.5, 0.6) is 0 Å². The summed E-state index contributed by atoms with van der Waals surface area (Å²) in [7, 11) is 0. The fourth-order valence-electron chi connectivity index (χ4n) is 3.34. The molecule has 2 atom stereocenters. The first-order valence-electron chi connectivity index (χ1n) is 5.98. The Kier molecular flexibility index (Phi) is 2.64. The lowest BCUT2D eigenvalue weighted by atomic mass is 9.76. The molecule has 0 radical (unpaired) electrons. The van der Waals surface area contributed by atoms with Gasteiger partial charge in [-0.3, -0.25) is 0 Å². The molecule has 2 N–H and O–H groups in total. The van der Waals surface area contributed by atoms with E-state index in [0.29, 0.717) is 0 Å². The van der Waals surface area contributed by atoms with Gasteiger partial charge in [0.25, 0.3) is 0 Å². The Morgan fingerprint density at radius 1 is 1.23 bits per heavy atom. The van der Waals surface area contributed by atoms with E-state index in [4.69, 9.17) is 5.73 Å². The second-order valence-corrected chi connectivity index (χ2v) is 5.28. The molecule has 1 spiro atoms. The van der Waals surface area contributed by atoms with E-state index in [1.165, 1.54) is 44.9 Å². The van der Waals surface area contributed by atoms with Crippen molar-refractivity contribution in [3.05, 3.63) is 0 Å². The Balaban J connectivity index is 2.04. The summed E-state index contributed by atoms with van der Waals surface area (Å²) in [6.45, 7) is 3.25. The van der Waals surface area contributed by atoms with Gasteiger partial charge in [-0.1, -0.05) is 26.2 Å². The number of rotatable bonds is 2. The maximum Gasteiger partial charge on any atom is -0.00486 e. The third kappa shape index (κ3) is 1.76. The first kappa shape index (κ1) is 9.51. The van der Waals surface area contributed by atoms with Gasteiger partial charge in [0, 0.05) is 0 Å². The van der Waals surface area contributed by atoms with Crippen LogP contribution in [0.3, 0.4) is 0 Å². The Hall–Kier alpha value is -0.0400. The summed E-state index contributed by atoms with van der Waals surface area (Å²) in [5.74, 6) is 1.72. The van der Waals surface area contributed by atoms with Crippen LogP contribution in [-0.4, -0.2) is 6.54 Å². The molecule has 2 fully saturated rings. The van der Waals surface area contributed by atoms with Crippen molar-refractivity contribution in [2.24, 2.45) is 23.0 Å². The van der Waals surface area contributed by atoms with Gasteiger partial charge in [-0.2, -0.15) is 0 Å². The second kappa shape index (κ2) is 3.61. The Bertz CT molecular complexity index is 172. The molecule has 2 saturated carbocycles. The smallest absolute Gasteiger partial charge is 0.00486 e. The summed E-state index contributed by atoms with van der Waals surface area (Å²) in [5.41, 5.74) is 6.58. The zero-order chi connectivity index (χ0) is 9.31. The highest BCUT2D eigenvalue weighted by atomic mass is 14.6. The molecular formula is C12H23N. The second-order valence-electron chi connectivity index (χ2n) is 5.28. The predicted octanol–water partition coefficient (Wildman–Crippen LogP) is 2.94. The molecule has 1 nitrogen and oxygen atoms in total. The van der Waals surface area contributed by atoms with Crippen LogP contribution < -0.4 is 5.73 Å². The van der Waals surface area contributed by atoms with E-state index >= 15 is 0 Å². The molecule has 2 rings (SSSR count). The average Bonchev–Trinajstić information content (AvgIpc) is 2.94. The SMILES string of the molecule is CC(CN)C1CCCCCC12CC2. The van der Waals surface area contributed by atoms with Gasteiger partial charge in [0.2, 0.25) is 0 Å². The van der Waals surface area contributed by atoms with Crippen LogP contribution >= 0.6 is 0 Å². The molecule has 2 aliphatic rings. The first-order chi connectivity index (χ1) is 6.28. The van der Waals surface area contributed by atoms with Crippen molar-refractivity contribution in [2.45, 2.75) is 51.9 Å². The van der Waals surface area contributed by atoms with Crippen LogP contribution in [0, 0.1) is 17.3 Å². The molecule has 0 aliphatic heterocycles. The summed E-state index contributed by atoms with van der Waals surface area (Å²) in [6.07, 6.45) is 10.4. The van der Waals surface area contributed by atoms with Gasteiger partial charge in [0.1, 0.15) is 0 Å². The van der Waals surface area contributed by atoms with Crippen molar-refractivity contribution in [2.75, 3.05) is 6.54 Å². The lowest BCUT2D eigenvalue weighted by Crippen LogP contribution is -2.27. The molecule has 2 aliphatic carbocycles. The Morgan fingerprint density at radius 2 is 2.00 bits per heavy atom. The van der Waals surface area contributed by atoms with Gasteiger partial charge in [-0.25, -0.2) is 0 Å². The normalized spacial score (nSPS) is 34.2. The van der Waals surface area contributed by atoms with E-state index in [2.05, 4.69) is 6.92 Å². The fourth-order valence-corrected chi connectivity index (χ4v) is 3.34.